The van der Waals surface area contributed by atoms with Crippen molar-refractivity contribution in [2.45, 2.75) is 18.8 Å². The number of amides is 1. The molecule has 0 saturated carbocycles. The highest BCUT2D eigenvalue weighted by atomic mass is 16.1. The molecule has 0 fully saturated rings. The topological polar surface area (TPSA) is 46.3 Å². The second kappa shape index (κ2) is 5.12. The molecule has 3 heteroatoms. The van der Waals surface area contributed by atoms with E-state index in [1.54, 1.807) is 0 Å². The predicted octanol–water partition coefficient (Wildman–Crippen LogP) is 1.38. The van der Waals surface area contributed by atoms with Gasteiger partial charge in [-0.2, -0.15) is 0 Å². The summed E-state index contributed by atoms with van der Waals surface area (Å²) in [6, 6.07) is 9.73. The molecular formula is C13H20N2O. The summed E-state index contributed by atoms with van der Waals surface area (Å²) in [4.78, 5) is 13.7. The largest absolute Gasteiger partial charge is 0.369 e. The summed E-state index contributed by atoms with van der Waals surface area (Å²) in [6.45, 7) is 2.75. The van der Waals surface area contributed by atoms with Gasteiger partial charge in [0.25, 0.3) is 0 Å². The number of benzene rings is 1. The molecule has 0 spiro atoms. The SMILES string of the molecule is CN(C)CCC(C)(C(N)=O)c1ccccc1. The lowest BCUT2D eigenvalue weighted by Crippen LogP contribution is -2.40. The van der Waals surface area contributed by atoms with E-state index in [0.717, 1.165) is 18.5 Å². The first kappa shape index (κ1) is 12.7. The molecule has 0 aliphatic carbocycles. The Bertz CT molecular complexity index is 348. The van der Waals surface area contributed by atoms with Crippen molar-refractivity contribution in [3.8, 4) is 0 Å². The molecule has 16 heavy (non-hydrogen) atoms. The smallest absolute Gasteiger partial charge is 0.227 e. The molecule has 1 amide bonds. The Morgan fingerprint density at radius 2 is 1.88 bits per heavy atom. The summed E-state index contributed by atoms with van der Waals surface area (Å²) < 4.78 is 0. The van der Waals surface area contributed by atoms with E-state index in [4.69, 9.17) is 5.73 Å². The first-order valence-corrected chi connectivity index (χ1v) is 5.47. The van der Waals surface area contributed by atoms with Gasteiger partial charge >= 0.3 is 0 Å². The van der Waals surface area contributed by atoms with Gasteiger partial charge in [-0.25, -0.2) is 0 Å². The summed E-state index contributed by atoms with van der Waals surface area (Å²) in [5, 5.41) is 0. The van der Waals surface area contributed by atoms with Crippen molar-refractivity contribution in [3.05, 3.63) is 35.9 Å². The van der Waals surface area contributed by atoms with Gasteiger partial charge in [-0.3, -0.25) is 4.79 Å². The first-order valence-electron chi connectivity index (χ1n) is 5.47. The minimum atomic E-state index is -0.578. The van der Waals surface area contributed by atoms with Gasteiger partial charge < -0.3 is 10.6 Å². The van der Waals surface area contributed by atoms with Crippen molar-refractivity contribution in [2.24, 2.45) is 5.73 Å². The number of carbonyl (C=O) groups is 1. The quantitative estimate of drug-likeness (QED) is 0.815. The third-order valence-electron chi connectivity index (χ3n) is 3.01. The minimum Gasteiger partial charge on any atom is -0.369 e. The van der Waals surface area contributed by atoms with Crippen LogP contribution in [-0.4, -0.2) is 31.4 Å². The van der Waals surface area contributed by atoms with Crippen LogP contribution in [0.15, 0.2) is 30.3 Å². The fraction of sp³-hybridized carbons (Fsp3) is 0.462. The molecule has 1 unspecified atom stereocenters. The highest BCUT2D eigenvalue weighted by molar-refractivity contribution is 5.86. The molecule has 0 radical (unpaired) electrons. The first-order chi connectivity index (χ1) is 7.47. The van der Waals surface area contributed by atoms with Gasteiger partial charge in [0.2, 0.25) is 5.91 Å². The summed E-state index contributed by atoms with van der Waals surface area (Å²) in [6.07, 6.45) is 0.735. The Kier molecular flexibility index (Phi) is 4.07. The van der Waals surface area contributed by atoms with Crippen LogP contribution >= 0.6 is 0 Å². The van der Waals surface area contributed by atoms with Crippen LogP contribution in [0.1, 0.15) is 18.9 Å². The second-order valence-corrected chi connectivity index (χ2v) is 4.62. The predicted molar refractivity (Wildman–Crippen MR) is 66.2 cm³/mol. The van der Waals surface area contributed by atoms with E-state index in [0.29, 0.717) is 0 Å². The molecule has 1 atom stereocenters. The van der Waals surface area contributed by atoms with Gasteiger partial charge in [0.05, 0.1) is 5.41 Å². The zero-order valence-corrected chi connectivity index (χ0v) is 10.2. The van der Waals surface area contributed by atoms with E-state index < -0.39 is 5.41 Å². The van der Waals surface area contributed by atoms with Crippen molar-refractivity contribution in [1.82, 2.24) is 4.90 Å². The lowest BCUT2D eigenvalue weighted by molar-refractivity contribution is -0.123. The second-order valence-electron chi connectivity index (χ2n) is 4.62. The number of rotatable bonds is 5. The molecular weight excluding hydrogens is 200 g/mol. The van der Waals surface area contributed by atoms with Crippen LogP contribution in [0.3, 0.4) is 0 Å². The molecule has 2 N–H and O–H groups in total. The zero-order valence-electron chi connectivity index (χ0n) is 10.2. The standard InChI is InChI=1S/C13H20N2O/c1-13(12(14)16,9-10-15(2)3)11-7-5-4-6-8-11/h4-8H,9-10H2,1-3H3,(H2,14,16). The van der Waals surface area contributed by atoms with Gasteiger partial charge in [-0.05, 0) is 39.5 Å². The van der Waals surface area contributed by atoms with Gasteiger partial charge in [-0.15, -0.1) is 0 Å². The number of nitrogens with two attached hydrogens (primary N) is 1. The third kappa shape index (κ3) is 2.83. The van der Waals surface area contributed by atoms with Crippen LogP contribution in [0.25, 0.3) is 0 Å². The van der Waals surface area contributed by atoms with E-state index >= 15 is 0 Å². The van der Waals surface area contributed by atoms with E-state index in [1.165, 1.54) is 0 Å². The van der Waals surface area contributed by atoms with Crippen LogP contribution in [0, 0.1) is 0 Å². The molecule has 1 aromatic carbocycles. The van der Waals surface area contributed by atoms with Gasteiger partial charge in [0.1, 0.15) is 0 Å². The fourth-order valence-corrected chi connectivity index (χ4v) is 1.66. The lowest BCUT2D eigenvalue weighted by atomic mass is 9.79. The number of carbonyl (C=O) groups excluding carboxylic acids is 1. The van der Waals surface area contributed by atoms with Gasteiger partial charge in [0, 0.05) is 0 Å². The van der Waals surface area contributed by atoms with E-state index in [1.807, 2.05) is 51.4 Å². The van der Waals surface area contributed by atoms with Gasteiger partial charge in [0.15, 0.2) is 0 Å². The zero-order chi connectivity index (χ0) is 12.2. The van der Waals surface area contributed by atoms with Crippen LogP contribution in [0.2, 0.25) is 0 Å². The maximum atomic E-state index is 11.6. The average Bonchev–Trinajstić information content (AvgIpc) is 2.26. The Morgan fingerprint density at radius 1 is 1.31 bits per heavy atom. The van der Waals surface area contributed by atoms with E-state index in [-0.39, 0.29) is 5.91 Å². The van der Waals surface area contributed by atoms with Crippen molar-refractivity contribution < 1.29 is 4.79 Å². The molecule has 1 rings (SSSR count). The van der Waals surface area contributed by atoms with Crippen molar-refractivity contribution in [1.29, 1.82) is 0 Å². The summed E-state index contributed by atoms with van der Waals surface area (Å²) in [7, 11) is 3.98. The molecule has 1 aromatic rings. The van der Waals surface area contributed by atoms with E-state index in [9.17, 15) is 4.79 Å². The van der Waals surface area contributed by atoms with Crippen molar-refractivity contribution in [3.63, 3.8) is 0 Å². The van der Waals surface area contributed by atoms with Crippen LogP contribution in [-0.2, 0) is 10.2 Å². The summed E-state index contributed by atoms with van der Waals surface area (Å²) in [5.41, 5.74) is 5.94. The Morgan fingerprint density at radius 3 is 2.31 bits per heavy atom. The molecule has 0 saturated heterocycles. The van der Waals surface area contributed by atoms with Crippen LogP contribution in [0.5, 0.6) is 0 Å². The van der Waals surface area contributed by atoms with E-state index in [2.05, 4.69) is 4.90 Å². The molecule has 0 aliphatic heterocycles. The van der Waals surface area contributed by atoms with Crippen LogP contribution in [0.4, 0.5) is 0 Å². The number of nitrogens with zero attached hydrogens (tertiary/aromatic N) is 1. The molecule has 88 valence electrons. The Balaban J connectivity index is 2.93. The fourth-order valence-electron chi connectivity index (χ4n) is 1.66. The molecule has 3 nitrogen and oxygen atoms in total. The molecule has 0 bridgehead atoms. The molecule has 0 aliphatic rings. The molecule has 0 heterocycles. The number of primary amides is 1. The minimum absolute atomic E-state index is 0.263. The van der Waals surface area contributed by atoms with Crippen molar-refractivity contribution in [2.75, 3.05) is 20.6 Å². The average molecular weight is 220 g/mol. The third-order valence-corrected chi connectivity index (χ3v) is 3.01. The van der Waals surface area contributed by atoms with Gasteiger partial charge in [-0.1, -0.05) is 30.3 Å². The Hall–Kier alpha value is -1.35. The maximum absolute atomic E-state index is 11.6. The number of hydrogen-bond acceptors (Lipinski definition) is 2. The summed E-state index contributed by atoms with van der Waals surface area (Å²) in [5.74, 6) is -0.263. The maximum Gasteiger partial charge on any atom is 0.227 e. The summed E-state index contributed by atoms with van der Waals surface area (Å²) >= 11 is 0. The van der Waals surface area contributed by atoms with Crippen LogP contribution < -0.4 is 5.73 Å². The Labute approximate surface area is 97.2 Å². The monoisotopic (exact) mass is 220 g/mol. The number of hydrogen-bond donors (Lipinski definition) is 1. The normalized spacial score (nSPS) is 14.8. The van der Waals surface area contributed by atoms with Crippen molar-refractivity contribution >= 4 is 5.91 Å². The highest BCUT2D eigenvalue weighted by Crippen LogP contribution is 2.27. The highest BCUT2D eigenvalue weighted by Gasteiger charge is 2.32. The lowest BCUT2D eigenvalue weighted by Gasteiger charge is -2.28. The molecule has 0 aromatic heterocycles.